The lowest BCUT2D eigenvalue weighted by Crippen LogP contribution is -2.58. The number of aryl methyl sites for hydroxylation is 2. The Morgan fingerprint density at radius 3 is 2.45 bits per heavy atom. The summed E-state index contributed by atoms with van der Waals surface area (Å²) < 4.78 is -0.573. The van der Waals surface area contributed by atoms with Crippen LogP contribution in [0.4, 0.5) is 0 Å². The number of aromatic nitrogens is 1. The molecule has 1 aliphatic heterocycles. The summed E-state index contributed by atoms with van der Waals surface area (Å²) in [6.45, 7) is 7.89. The summed E-state index contributed by atoms with van der Waals surface area (Å²) in [7, 11) is 0. The quantitative estimate of drug-likeness (QED) is 0.370. The van der Waals surface area contributed by atoms with E-state index < -0.39 is 34.7 Å². The molecule has 1 fully saturated rings. The molecular formula is C31H36N4O4S. The lowest BCUT2D eigenvalue weighted by atomic mass is 9.96. The van der Waals surface area contributed by atoms with Gasteiger partial charge in [-0.15, -0.1) is 11.8 Å². The van der Waals surface area contributed by atoms with Crippen LogP contribution in [0, 0.1) is 13.8 Å². The molecule has 8 nitrogen and oxygen atoms in total. The minimum atomic E-state index is -1.57. The molecule has 40 heavy (non-hydrogen) atoms. The molecule has 1 aliphatic rings. The molecule has 0 spiro atoms. The predicted molar refractivity (Wildman–Crippen MR) is 157 cm³/mol. The van der Waals surface area contributed by atoms with Gasteiger partial charge in [0.15, 0.2) is 6.10 Å². The van der Waals surface area contributed by atoms with E-state index >= 15 is 0 Å². The molecular weight excluding hydrogens is 524 g/mol. The number of aliphatic hydroxyl groups is 1. The Labute approximate surface area is 239 Å². The highest BCUT2D eigenvalue weighted by atomic mass is 32.2. The third kappa shape index (κ3) is 6.71. The van der Waals surface area contributed by atoms with Gasteiger partial charge in [-0.25, -0.2) is 0 Å². The van der Waals surface area contributed by atoms with Gasteiger partial charge in [0.05, 0.1) is 17.5 Å². The zero-order valence-corrected chi connectivity index (χ0v) is 24.1. The van der Waals surface area contributed by atoms with Crippen molar-refractivity contribution < 1.29 is 19.5 Å². The summed E-state index contributed by atoms with van der Waals surface area (Å²) in [6.07, 6.45) is 0.262. The van der Waals surface area contributed by atoms with Crippen LogP contribution in [0.15, 0.2) is 72.9 Å². The number of hydrogen-bond donors (Lipinski definition) is 3. The smallest absolute Gasteiger partial charge is 0.254 e. The highest BCUT2D eigenvalue weighted by Gasteiger charge is 2.49. The summed E-state index contributed by atoms with van der Waals surface area (Å²) >= 11 is 1.48. The first kappa shape index (κ1) is 29.3. The third-order valence-electron chi connectivity index (χ3n) is 7.29. The molecule has 0 radical (unpaired) electrons. The second-order valence-corrected chi connectivity index (χ2v) is 12.2. The molecule has 0 aliphatic carbocycles. The van der Waals surface area contributed by atoms with Crippen LogP contribution in [0.25, 0.3) is 0 Å². The second kappa shape index (κ2) is 12.7. The van der Waals surface area contributed by atoms with Crippen molar-refractivity contribution >= 4 is 29.5 Å². The average Bonchev–Trinajstić information content (AvgIpc) is 3.26. The highest BCUT2D eigenvalue weighted by molar-refractivity contribution is 8.00. The zero-order valence-electron chi connectivity index (χ0n) is 23.3. The Morgan fingerprint density at radius 2 is 1.75 bits per heavy atom. The van der Waals surface area contributed by atoms with Crippen LogP contribution in [-0.4, -0.2) is 61.5 Å². The van der Waals surface area contributed by atoms with Crippen LogP contribution >= 0.6 is 11.8 Å². The number of nitrogens with one attached hydrogen (secondary N) is 2. The van der Waals surface area contributed by atoms with Gasteiger partial charge < -0.3 is 20.6 Å². The van der Waals surface area contributed by atoms with Gasteiger partial charge >= 0.3 is 0 Å². The second-order valence-electron chi connectivity index (χ2n) is 10.6. The molecule has 210 valence electrons. The summed E-state index contributed by atoms with van der Waals surface area (Å²) in [5, 5.41) is 17.3. The minimum absolute atomic E-state index is 0.229. The minimum Gasteiger partial charge on any atom is -0.381 e. The standard InChI is InChI=1S/C31H36N4O4S/c1-20-11-8-9-14-23(20)18-33-29(38)27-31(3,4)40-19-35(27)30(39)26(36)25(17-22-12-6-5-7-13-22)34-28(37)24-15-10-16-32-21(24)2/h5-16,25-27,36H,17-19H2,1-4H3,(H,33,38)(H,34,37). The van der Waals surface area contributed by atoms with E-state index in [1.165, 1.54) is 16.7 Å². The number of aliphatic hydroxyl groups excluding tert-OH is 1. The van der Waals surface area contributed by atoms with Crippen molar-refractivity contribution in [2.45, 2.75) is 63.6 Å². The maximum absolute atomic E-state index is 13.8. The first-order valence-corrected chi connectivity index (χ1v) is 14.3. The first-order chi connectivity index (χ1) is 19.1. The summed E-state index contributed by atoms with van der Waals surface area (Å²) in [6, 6.07) is 18.8. The molecule has 3 N–H and O–H groups in total. The molecule has 1 saturated heterocycles. The van der Waals surface area contributed by atoms with E-state index in [1.54, 1.807) is 25.3 Å². The highest BCUT2D eigenvalue weighted by Crippen LogP contribution is 2.40. The zero-order chi connectivity index (χ0) is 28.9. The number of nitrogens with zero attached hydrogens (tertiary/aromatic N) is 2. The van der Waals surface area contributed by atoms with Crippen LogP contribution in [0.5, 0.6) is 0 Å². The van der Waals surface area contributed by atoms with Crippen LogP contribution in [-0.2, 0) is 22.6 Å². The monoisotopic (exact) mass is 560 g/mol. The summed E-state index contributed by atoms with van der Waals surface area (Å²) in [4.78, 5) is 46.1. The number of hydrogen-bond acceptors (Lipinski definition) is 6. The number of amides is 3. The SMILES string of the molecule is Cc1ccccc1CNC(=O)C1N(C(=O)C(O)C(Cc2ccccc2)NC(=O)c2cccnc2C)CSC1(C)C. The van der Waals surface area contributed by atoms with Gasteiger partial charge in [-0.2, -0.15) is 0 Å². The molecule has 3 atom stereocenters. The van der Waals surface area contributed by atoms with Crippen molar-refractivity contribution in [3.05, 3.63) is 101 Å². The van der Waals surface area contributed by atoms with Crippen LogP contribution < -0.4 is 10.6 Å². The van der Waals surface area contributed by atoms with Crippen molar-refractivity contribution in [2.24, 2.45) is 0 Å². The predicted octanol–water partition coefficient (Wildman–Crippen LogP) is 3.40. The number of carbonyl (C=O) groups excluding carboxylic acids is 3. The van der Waals surface area contributed by atoms with E-state index in [4.69, 9.17) is 0 Å². The Hall–Kier alpha value is -3.69. The molecule has 1 aromatic heterocycles. The van der Waals surface area contributed by atoms with Crippen LogP contribution in [0.3, 0.4) is 0 Å². The van der Waals surface area contributed by atoms with E-state index in [9.17, 15) is 19.5 Å². The van der Waals surface area contributed by atoms with Gasteiger partial charge in [-0.3, -0.25) is 19.4 Å². The fourth-order valence-electron chi connectivity index (χ4n) is 4.92. The van der Waals surface area contributed by atoms with Crippen molar-refractivity contribution in [1.29, 1.82) is 0 Å². The van der Waals surface area contributed by atoms with Gasteiger partial charge in [0.2, 0.25) is 5.91 Å². The normalized spacial score (nSPS) is 17.6. The van der Waals surface area contributed by atoms with Gasteiger partial charge in [0, 0.05) is 23.2 Å². The van der Waals surface area contributed by atoms with Crippen LogP contribution in [0.2, 0.25) is 0 Å². The number of rotatable bonds is 9. The van der Waals surface area contributed by atoms with E-state index in [0.29, 0.717) is 17.8 Å². The fraction of sp³-hybridized carbons (Fsp3) is 0.355. The number of thioether (sulfide) groups is 1. The van der Waals surface area contributed by atoms with E-state index in [0.717, 1.165) is 16.7 Å². The Morgan fingerprint density at radius 1 is 1.05 bits per heavy atom. The molecule has 3 aromatic rings. The van der Waals surface area contributed by atoms with E-state index in [1.807, 2.05) is 75.4 Å². The molecule has 3 unspecified atom stereocenters. The summed E-state index contributed by atoms with van der Waals surface area (Å²) in [5.41, 5.74) is 3.82. The van der Waals surface area contributed by atoms with Gasteiger partial charge in [0.1, 0.15) is 6.04 Å². The topological polar surface area (TPSA) is 112 Å². The number of benzene rings is 2. The van der Waals surface area contributed by atoms with Gasteiger partial charge in [0.25, 0.3) is 11.8 Å². The maximum Gasteiger partial charge on any atom is 0.254 e. The number of carbonyl (C=O) groups is 3. The largest absolute Gasteiger partial charge is 0.381 e. The van der Waals surface area contributed by atoms with Gasteiger partial charge in [-0.1, -0.05) is 54.6 Å². The van der Waals surface area contributed by atoms with Crippen molar-refractivity contribution in [1.82, 2.24) is 20.5 Å². The molecule has 9 heteroatoms. The molecule has 2 aromatic carbocycles. The first-order valence-electron chi connectivity index (χ1n) is 13.3. The van der Waals surface area contributed by atoms with Crippen molar-refractivity contribution in [2.75, 3.05) is 5.88 Å². The maximum atomic E-state index is 13.8. The fourth-order valence-corrected chi connectivity index (χ4v) is 6.06. The lowest BCUT2D eigenvalue weighted by Gasteiger charge is -2.33. The third-order valence-corrected chi connectivity index (χ3v) is 8.67. The average molecular weight is 561 g/mol. The van der Waals surface area contributed by atoms with Crippen molar-refractivity contribution in [3.63, 3.8) is 0 Å². The Kier molecular flexibility index (Phi) is 9.27. The lowest BCUT2D eigenvalue weighted by molar-refractivity contribution is -0.147. The van der Waals surface area contributed by atoms with E-state index in [2.05, 4.69) is 15.6 Å². The van der Waals surface area contributed by atoms with E-state index in [-0.39, 0.29) is 18.2 Å². The molecule has 0 saturated carbocycles. The molecule has 0 bridgehead atoms. The van der Waals surface area contributed by atoms with Gasteiger partial charge in [-0.05, 0) is 62.9 Å². The molecule has 4 rings (SSSR count). The molecule has 3 amide bonds. The summed E-state index contributed by atoms with van der Waals surface area (Å²) in [5.74, 6) is -1.06. The van der Waals surface area contributed by atoms with Crippen LogP contribution in [0.1, 0.15) is 46.6 Å². The Balaban J connectivity index is 1.55. The Bertz CT molecular complexity index is 1360. The molecule has 2 heterocycles. The van der Waals surface area contributed by atoms with Crippen molar-refractivity contribution in [3.8, 4) is 0 Å². The number of pyridine rings is 1.